The summed E-state index contributed by atoms with van der Waals surface area (Å²) in [5, 5.41) is 0. The molecule has 0 aliphatic heterocycles. The van der Waals surface area contributed by atoms with E-state index in [1.165, 1.54) is 25.7 Å². The summed E-state index contributed by atoms with van der Waals surface area (Å²) in [4.78, 5) is 11.9. The van der Waals surface area contributed by atoms with Crippen molar-refractivity contribution < 1.29 is 9.53 Å². The molecule has 0 amide bonds. The number of rotatable bonds is 5. The first-order valence-electron chi connectivity index (χ1n) is 6.44. The van der Waals surface area contributed by atoms with Crippen LogP contribution in [0.4, 0.5) is 0 Å². The topological polar surface area (TPSA) is 26.3 Å². The molecule has 0 aromatic heterocycles. The summed E-state index contributed by atoms with van der Waals surface area (Å²) in [6.07, 6.45) is 5.16. The van der Waals surface area contributed by atoms with E-state index < -0.39 is 0 Å². The highest BCUT2D eigenvalue weighted by Gasteiger charge is 2.16. The van der Waals surface area contributed by atoms with Gasteiger partial charge in [0.05, 0.1) is 6.61 Å². The first kappa shape index (κ1) is 12.3. The summed E-state index contributed by atoms with van der Waals surface area (Å²) in [6.45, 7) is 2.93. The van der Waals surface area contributed by atoms with Crippen LogP contribution in [-0.2, 0) is 4.74 Å². The van der Waals surface area contributed by atoms with Crippen LogP contribution in [0.15, 0.2) is 24.3 Å². The van der Waals surface area contributed by atoms with Gasteiger partial charge in [0, 0.05) is 5.56 Å². The van der Waals surface area contributed by atoms with Gasteiger partial charge in [0.15, 0.2) is 5.78 Å². The van der Waals surface area contributed by atoms with Crippen LogP contribution < -0.4 is 0 Å². The van der Waals surface area contributed by atoms with E-state index in [1.54, 1.807) is 0 Å². The Balaban J connectivity index is 1.79. The van der Waals surface area contributed by atoms with Crippen LogP contribution in [0.5, 0.6) is 0 Å². The Morgan fingerprint density at radius 2 is 2.00 bits per heavy atom. The predicted molar refractivity (Wildman–Crippen MR) is 68.3 cm³/mol. The number of ketones is 1. The molecule has 1 aromatic carbocycles. The summed E-state index contributed by atoms with van der Waals surface area (Å²) >= 11 is 0. The first-order chi connectivity index (χ1) is 8.27. The molecule has 1 fully saturated rings. The summed E-state index contributed by atoms with van der Waals surface area (Å²) in [6, 6.07) is 7.68. The van der Waals surface area contributed by atoms with E-state index in [2.05, 4.69) is 0 Å². The zero-order chi connectivity index (χ0) is 12.1. The fraction of sp³-hybridized carbons (Fsp3) is 0.533. The molecule has 0 N–H and O–H groups in total. The smallest absolute Gasteiger partial charge is 0.188 e. The SMILES string of the molecule is Cc1ccccc1C(=O)COCC1CCCC1. The first-order valence-corrected chi connectivity index (χ1v) is 6.44. The van der Waals surface area contributed by atoms with Crippen molar-refractivity contribution in [2.24, 2.45) is 5.92 Å². The molecule has 2 rings (SSSR count). The highest BCUT2D eigenvalue weighted by molar-refractivity contribution is 5.98. The number of carbonyl (C=O) groups is 1. The second-order valence-electron chi connectivity index (χ2n) is 4.90. The van der Waals surface area contributed by atoms with Crippen LogP contribution in [0.1, 0.15) is 41.6 Å². The molecule has 2 nitrogen and oxygen atoms in total. The van der Waals surface area contributed by atoms with Gasteiger partial charge < -0.3 is 4.74 Å². The third-order valence-electron chi connectivity index (χ3n) is 3.51. The van der Waals surface area contributed by atoms with E-state index in [4.69, 9.17) is 4.74 Å². The molecule has 1 aliphatic carbocycles. The number of hydrogen-bond donors (Lipinski definition) is 0. The van der Waals surface area contributed by atoms with Crippen LogP contribution in [0.2, 0.25) is 0 Å². The molecule has 0 spiro atoms. The lowest BCUT2D eigenvalue weighted by molar-refractivity contribution is 0.0680. The third kappa shape index (κ3) is 3.40. The lowest BCUT2D eigenvalue weighted by atomic mass is 10.1. The largest absolute Gasteiger partial charge is 0.373 e. The maximum Gasteiger partial charge on any atom is 0.188 e. The number of ether oxygens (including phenoxy) is 1. The summed E-state index contributed by atoms with van der Waals surface area (Å²) < 4.78 is 5.54. The van der Waals surface area contributed by atoms with E-state index in [0.29, 0.717) is 5.92 Å². The van der Waals surface area contributed by atoms with Gasteiger partial charge in [-0.25, -0.2) is 0 Å². The maximum atomic E-state index is 11.9. The molecule has 0 radical (unpaired) electrons. The van der Waals surface area contributed by atoms with E-state index in [9.17, 15) is 4.79 Å². The molecule has 0 bridgehead atoms. The summed E-state index contributed by atoms with van der Waals surface area (Å²) in [7, 11) is 0. The Morgan fingerprint density at radius 1 is 1.29 bits per heavy atom. The van der Waals surface area contributed by atoms with E-state index in [1.807, 2.05) is 31.2 Å². The van der Waals surface area contributed by atoms with E-state index >= 15 is 0 Å². The number of Topliss-reactive ketones (excluding diaryl/α,β-unsaturated/α-hetero) is 1. The Hall–Kier alpha value is -1.15. The Bertz CT molecular complexity index is 378. The van der Waals surface area contributed by atoms with E-state index in [-0.39, 0.29) is 12.4 Å². The lowest BCUT2D eigenvalue weighted by Gasteiger charge is -2.10. The number of carbonyl (C=O) groups excluding carboxylic acids is 1. The summed E-state index contributed by atoms with van der Waals surface area (Å²) in [5.41, 5.74) is 1.82. The predicted octanol–water partition coefficient (Wildman–Crippen LogP) is 3.38. The molecule has 1 aromatic rings. The highest BCUT2D eigenvalue weighted by Crippen LogP contribution is 2.24. The minimum absolute atomic E-state index is 0.0982. The van der Waals surface area contributed by atoms with Gasteiger partial charge >= 0.3 is 0 Å². The average Bonchev–Trinajstić information content (AvgIpc) is 2.82. The monoisotopic (exact) mass is 232 g/mol. The fourth-order valence-corrected chi connectivity index (χ4v) is 2.46. The van der Waals surface area contributed by atoms with Gasteiger partial charge in [0.25, 0.3) is 0 Å². The zero-order valence-corrected chi connectivity index (χ0v) is 10.4. The van der Waals surface area contributed by atoms with Gasteiger partial charge in [-0.05, 0) is 31.2 Å². The number of benzene rings is 1. The molecular formula is C15H20O2. The van der Waals surface area contributed by atoms with Crippen molar-refractivity contribution in [2.75, 3.05) is 13.2 Å². The van der Waals surface area contributed by atoms with Crippen LogP contribution in [0.25, 0.3) is 0 Å². The molecule has 0 atom stereocenters. The lowest BCUT2D eigenvalue weighted by Crippen LogP contribution is -2.14. The zero-order valence-electron chi connectivity index (χ0n) is 10.4. The van der Waals surface area contributed by atoms with Crippen molar-refractivity contribution in [3.8, 4) is 0 Å². The molecular weight excluding hydrogens is 212 g/mol. The number of hydrogen-bond acceptors (Lipinski definition) is 2. The second kappa shape index (κ2) is 5.97. The minimum atomic E-state index is 0.0982. The van der Waals surface area contributed by atoms with Crippen molar-refractivity contribution >= 4 is 5.78 Å². The van der Waals surface area contributed by atoms with Gasteiger partial charge in [0.1, 0.15) is 6.61 Å². The average molecular weight is 232 g/mol. The van der Waals surface area contributed by atoms with Crippen LogP contribution in [-0.4, -0.2) is 19.0 Å². The minimum Gasteiger partial charge on any atom is -0.373 e. The third-order valence-corrected chi connectivity index (χ3v) is 3.51. The molecule has 0 saturated heterocycles. The van der Waals surface area contributed by atoms with Crippen molar-refractivity contribution in [1.29, 1.82) is 0 Å². The standard InChI is InChI=1S/C15H20O2/c1-12-6-2-5-9-14(12)15(16)11-17-10-13-7-3-4-8-13/h2,5-6,9,13H,3-4,7-8,10-11H2,1H3. The van der Waals surface area contributed by atoms with Gasteiger partial charge in [-0.3, -0.25) is 4.79 Å². The van der Waals surface area contributed by atoms with Gasteiger partial charge in [-0.1, -0.05) is 37.1 Å². The normalized spacial score (nSPS) is 16.3. The van der Waals surface area contributed by atoms with Crippen molar-refractivity contribution in [3.63, 3.8) is 0 Å². The van der Waals surface area contributed by atoms with Gasteiger partial charge in [0.2, 0.25) is 0 Å². The summed E-state index contributed by atoms with van der Waals surface area (Å²) in [5.74, 6) is 0.778. The maximum absolute atomic E-state index is 11.9. The molecule has 2 heteroatoms. The van der Waals surface area contributed by atoms with Crippen LogP contribution >= 0.6 is 0 Å². The quantitative estimate of drug-likeness (QED) is 0.727. The van der Waals surface area contributed by atoms with Crippen LogP contribution in [0.3, 0.4) is 0 Å². The van der Waals surface area contributed by atoms with E-state index in [0.717, 1.165) is 17.7 Å². The molecule has 92 valence electrons. The Morgan fingerprint density at radius 3 is 2.71 bits per heavy atom. The fourth-order valence-electron chi connectivity index (χ4n) is 2.46. The van der Waals surface area contributed by atoms with Crippen LogP contribution in [0, 0.1) is 12.8 Å². The Kier molecular flexibility index (Phi) is 4.32. The molecule has 0 heterocycles. The molecule has 1 saturated carbocycles. The van der Waals surface area contributed by atoms with Crippen molar-refractivity contribution in [3.05, 3.63) is 35.4 Å². The van der Waals surface area contributed by atoms with Gasteiger partial charge in [-0.2, -0.15) is 0 Å². The van der Waals surface area contributed by atoms with Crippen molar-refractivity contribution in [1.82, 2.24) is 0 Å². The number of aryl methyl sites for hydroxylation is 1. The van der Waals surface area contributed by atoms with Crippen molar-refractivity contribution in [2.45, 2.75) is 32.6 Å². The highest BCUT2D eigenvalue weighted by atomic mass is 16.5. The molecule has 1 aliphatic rings. The molecule has 0 unspecified atom stereocenters. The molecule has 17 heavy (non-hydrogen) atoms. The Labute approximate surface area is 103 Å². The van der Waals surface area contributed by atoms with Gasteiger partial charge in [-0.15, -0.1) is 0 Å². The second-order valence-corrected chi connectivity index (χ2v) is 4.90.